The highest BCUT2D eigenvalue weighted by atomic mass is 32.1. The first-order chi connectivity index (χ1) is 11.5. The van der Waals surface area contributed by atoms with Gasteiger partial charge in [0.05, 0.1) is 16.6 Å². The van der Waals surface area contributed by atoms with Gasteiger partial charge in [0.25, 0.3) is 11.5 Å². The molecule has 0 bridgehead atoms. The van der Waals surface area contributed by atoms with E-state index in [-0.39, 0.29) is 11.5 Å². The zero-order valence-corrected chi connectivity index (χ0v) is 15.7. The summed E-state index contributed by atoms with van der Waals surface area (Å²) in [5.74, 6) is -0.113. The Morgan fingerprint density at radius 3 is 2.67 bits per heavy atom. The first-order valence-electron chi connectivity index (χ1n) is 8.52. The third-order valence-corrected chi connectivity index (χ3v) is 5.49. The van der Waals surface area contributed by atoms with Gasteiger partial charge in [-0.2, -0.15) is 0 Å². The molecule has 132 valence electrons. The molecule has 2 heterocycles. The molecule has 0 saturated heterocycles. The van der Waals surface area contributed by atoms with Crippen LogP contribution >= 0.6 is 11.3 Å². The lowest BCUT2D eigenvalue weighted by Gasteiger charge is -2.17. The van der Waals surface area contributed by atoms with E-state index in [1.165, 1.54) is 11.3 Å². The Bertz CT molecular complexity index is 762. The summed E-state index contributed by atoms with van der Waals surface area (Å²) in [6.07, 6.45) is 2.46. The fourth-order valence-electron chi connectivity index (χ4n) is 2.73. The summed E-state index contributed by atoms with van der Waals surface area (Å²) in [5.41, 5.74) is 0.661. The molecule has 2 aromatic heterocycles. The van der Waals surface area contributed by atoms with Crippen LogP contribution in [0.15, 0.2) is 11.1 Å². The second kappa shape index (κ2) is 8.39. The summed E-state index contributed by atoms with van der Waals surface area (Å²) >= 11 is 1.29. The van der Waals surface area contributed by atoms with E-state index >= 15 is 0 Å². The number of carbonyl (C=O) groups excluding carboxylic acids is 1. The van der Waals surface area contributed by atoms with Crippen molar-refractivity contribution in [2.24, 2.45) is 0 Å². The van der Waals surface area contributed by atoms with Crippen molar-refractivity contribution in [1.29, 1.82) is 0 Å². The van der Waals surface area contributed by atoms with Crippen molar-refractivity contribution in [3.63, 3.8) is 0 Å². The highest BCUT2D eigenvalue weighted by Gasteiger charge is 2.18. The van der Waals surface area contributed by atoms with Crippen LogP contribution in [0, 0.1) is 6.92 Å². The van der Waals surface area contributed by atoms with Crippen LogP contribution in [0.3, 0.4) is 0 Å². The first kappa shape index (κ1) is 18.6. The molecular formula is C17H26N4O2S. The minimum Gasteiger partial charge on any atom is -0.351 e. The molecule has 0 fully saturated rings. The molecule has 0 aromatic carbocycles. The fraction of sp³-hybridized carbons (Fsp3) is 0.588. The molecule has 0 spiro atoms. The average Bonchev–Trinajstić information content (AvgIpc) is 2.93. The number of hydrogen-bond acceptors (Lipinski definition) is 5. The molecule has 0 unspecified atom stereocenters. The standard InChI is InChI=1S/C17H26N4O2S/c1-5-20(6-2)10-8-9-18-15(22)14-12(4)13-16(24-14)19-11-21(7-3)17(13)23/h11H,5-10H2,1-4H3,(H,18,22). The maximum Gasteiger partial charge on any atom is 0.262 e. The molecule has 0 saturated carbocycles. The number of amides is 1. The number of aromatic nitrogens is 2. The van der Waals surface area contributed by atoms with Crippen LogP contribution in [-0.4, -0.2) is 46.5 Å². The maximum absolute atomic E-state index is 12.4. The van der Waals surface area contributed by atoms with Gasteiger partial charge >= 0.3 is 0 Å². The number of fused-ring (bicyclic) bond motifs is 1. The number of aryl methyl sites for hydroxylation is 2. The van der Waals surface area contributed by atoms with Gasteiger partial charge < -0.3 is 10.2 Å². The molecule has 6 nitrogen and oxygen atoms in total. The Labute approximate surface area is 146 Å². The largest absolute Gasteiger partial charge is 0.351 e. The summed E-state index contributed by atoms with van der Waals surface area (Å²) < 4.78 is 1.56. The van der Waals surface area contributed by atoms with Crippen molar-refractivity contribution in [3.8, 4) is 0 Å². The molecule has 2 aromatic rings. The third kappa shape index (κ3) is 3.84. The Morgan fingerprint density at radius 2 is 2.04 bits per heavy atom. The predicted molar refractivity (Wildman–Crippen MR) is 99.0 cm³/mol. The molecule has 1 amide bonds. The predicted octanol–water partition coefficient (Wildman–Crippen LogP) is 2.25. The molecule has 0 radical (unpaired) electrons. The quantitative estimate of drug-likeness (QED) is 0.742. The van der Waals surface area contributed by atoms with Crippen molar-refractivity contribution >= 4 is 27.5 Å². The zero-order chi connectivity index (χ0) is 17.7. The lowest BCUT2D eigenvalue weighted by molar-refractivity contribution is 0.0955. The van der Waals surface area contributed by atoms with Gasteiger partial charge in [0, 0.05) is 13.1 Å². The number of nitrogens with zero attached hydrogens (tertiary/aromatic N) is 3. The van der Waals surface area contributed by atoms with Crippen LogP contribution in [0.2, 0.25) is 0 Å². The molecule has 0 aliphatic heterocycles. The topological polar surface area (TPSA) is 67.2 Å². The van der Waals surface area contributed by atoms with Crippen molar-refractivity contribution in [2.75, 3.05) is 26.2 Å². The van der Waals surface area contributed by atoms with Gasteiger partial charge in [0.15, 0.2) is 0 Å². The summed E-state index contributed by atoms with van der Waals surface area (Å²) in [4.78, 5) is 32.7. The SMILES string of the molecule is CCN(CC)CCCNC(=O)c1sc2ncn(CC)c(=O)c2c1C. The number of rotatable bonds is 8. The summed E-state index contributed by atoms with van der Waals surface area (Å²) in [6, 6.07) is 0. The minimum absolute atomic E-state index is 0.0724. The van der Waals surface area contributed by atoms with Crippen molar-refractivity contribution in [2.45, 2.75) is 40.7 Å². The van der Waals surface area contributed by atoms with Gasteiger partial charge in [0.1, 0.15) is 4.83 Å². The van der Waals surface area contributed by atoms with Gasteiger partial charge in [-0.05, 0) is 45.5 Å². The molecule has 2 rings (SSSR count). The van der Waals surface area contributed by atoms with Gasteiger partial charge in [-0.15, -0.1) is 11.3 Å². The number of carbonyl (C=O) groups is 1. The van der Waals surface area contributed by atoms with Crippen LogP contribution in [-0.2, 0) is 6.54 Å². The van der Waals surface area contributed by atoms with E-state index in [0.29, 0.717) is 28.2 Å². The monoisotopic (exact) mass is 350 g/mol. The van der Waals surface area contributed by atoms with Gasteiger partial charge in [-0.3, -0.25) is 14.2 Å². The van der Waals surface area contributed by atoms with Crippen LogP contribution in [0.25, 0.3) is 10.2 Å². The Balaban J connectivity index is 2.09. The minimum atomic E-state index is -0.113. The van der Waals surface area contributed by atoms with E-state index in [9.17, 15) is 9.59 Å². The van der Waals surface area contributed by atoms with E-state index in [0.717, 1.165) is 31.6 Å². The lowest BCUT2D eigenvalue weighted by atomic mass is 10.2. The Kier molecular flexibility index (Phi) is 6.51. The van der Waals surface area contributed by atoms with Crippen LogP contribution in [0.5, 0.6) is 0 Å². The van der Waals surface area contributed by atoms with E-state index in [4.69, 9.17) is 0 Å². The third-order valence-electron chi connectivity index (χ3n) is 4.30. The number of thiophene rings is 1. The zero-order valence-electron chi connectivity index (χ0n) is 14.9. The lowest BCUT2D eigenvalue weighted by Crippen LogP contribution is -2.29. The number of hydrogen-bond donors (Lipinski definition) is 1. The van der Waals surface area contributed by atoms with Gasteiger partial charge in [-0.25, -0.2) is 4.98 Å². The summed E-state index contributed by atoms with van der Waals surface area (Å²) in [5, 5.41) is 3.53. The van der Waals surface area contributed by atoms with E-state index in [1.54, 1.807) is 10.9 Å². The Morgan fingerprint density at radius 1 is 1.33 bits per heavy atom. The summed E-state index contributed by atoms with van der Waals surface area (Å²) in [7, 11) is 0. The van der Waals surface area contributed by atoms with Crippen molar-refractivity contribution in [1.82, 2.24) is 19.8 Å². The molecule has 24 heavy (non-hydrogen) atoms. The highest BCUT2D eigenvalue weighted by Crippen LogP contribution is 2.26. The second-order valence-corrected chi connectivity index (χ2v) is 6.71. The normalized spacial score (nSPS) is 11.4. The summed E-state index contributed by atoms with van der Waals surface area (Å²) in [6.45, 7) is 12.2. The van der Waals surface area contributed by atoms with Crippen molar-refractivity contribution in [3.05, 3.63) is 27.1 Å². The molecule has 0 atom stereocenters. The molecule has 0 aliphatic rings. The van der Waals surface area contributed by atoms with Crippen LogP contribution in [0.4, 0.5) is 0 Å². The van der Waals surface area contributed by atoms with E-state index in [2.05, 4.69) is 29.0 Å². The van der Waals surface area contributed by atoms with Crippen molar-refractivity contribution < 1.29 is 4.79 Å². The smallest absolute Gasteiger partial charge is 0.262 e. The van der Waals surface area contributed by atoms with E-state index in [1.807, 2.05) is 13.8 Å². The highest BCUT2D eigenvalue weighted by molar-refractivity contribution is 7.20. The van der Waals surface area contributed by atoms with Crippen LogP contribution in [0.1, 0.15) is 42.4 Å². The molecule has 0 aliphatic carbocycles. The molecule has 1 N–H and O–H groups in total. The molecular weight excluding hydrogens is 324 g/mol. The fourth-order valence-corrected chi connectivity index (χ4v) is 3.78. The Hall–Kier alpha value is -1.73. The maximum atomic E-state index is 12.4. The number of nitrogens with one attached hydrogen (secondary N) is 1. The first-order valence-corrected chi connectivity index (χ1v) is 9.34. The van der Waals surface area contributed by atoms with Crippen LogP contribution < -0.4 is 10.9 Å². The van der Waals surface area contributed by atoms with Gasteiger partial charge in [0.2, 0.25) is 0 Å². The average molecular weight is 350 g/mol. The molecule has 7 heteroatoms. The second-order valence-electron chi connectivity index (χ2n) is 5.71. The van der Waals surface area contributed by atoms with Gasteiger partial charge in [-0.1, -0.05) is 13.8 Å². The van der Waals surface area contributed by atoms with E-state index < -0.39 is 0 Å².